The summed E-state index contributed by atoms with van der Waals surface area (Å²) in [4.78, 5) is 46.8. The van der Waals surface area contributed by atoms with Gasteiger partial charge in [0.05, 0.1) is 18.7 Å². The van der Waals surface area contributed by atoms with Gasteiger partial charge in [0, 0.05) is 61.9 Å². The Hall–Kier alpha value is -1.85. The fourth-order valence-corrected chi connectivity index (χ4v) is 12.1. The number of carbonyl (C=O) groups is 3. The summed E-state index contributed by atoms with van der Waals surface area (Å²) in [5, 5.41) is 3.19. The molecule has 0 saturated heterocycles. The van der Waals surface area contributed by atoms with Crippen molar-refractivity contribution in [3.63, 3.8) is 0 Å². The van der Waals surface area contributed by atoms with Crippen LogP contribution in [0.25, 0.3) is 0 Å². The summed E-state index contributed by atoms with van der Waals surface area (Å²) in [5.41, 5.74) is 1.86. The first-order valence-electron chi connectivity index (χ1n) is 31.8. The molecule has 432 valence electrons. The van der Waals surface area contributed by atoms with E-state index in [-0.39, 0.29) is 17.6 Å². The number of carbonyl (C=O) groups excluding carboxylic acids is 3. The zero-order valence-corrected chi connectivity index (χ0v) is 50.4. The van der Waals surface area contributed by atoms with Crippen LogP contribution in [0.2, 0.25) is 0 Å². The Morgan fingerprint density at radius 1 is 0.554 bits per heavy atom. The van der Waals surface area contributed by atoms with E-state index in [9.17, 15) is 14.4 Å². The number of amides is 2. The van der Waals surface area contributed by atoms with E-state index in [1.54, 1.807) is 11.3 Å². The van der Waals surface area contributed by atoms with Crippen molar-refractivity contribution in [3.8, 4) is 0 Å². The number of fused-ring (bicyclic) bond motifs is 1. The molecule has 2 amide bonds. The van der Waals surface area contributed by atoms with E-state index in [4.69, 9.17) is 14.2 Å². The number of rotatable bonds is 54. The third kappa shape index (κ3) is 35.5. The molecule has 0 fully saturated rings. The van der Waals surface area contributed by atoms with Gasteiger partial charge in [-0.2, -0.15) is 0 Å². The molecule has 1 aliphatic heterocycles. The van der Waals surface area contributed by atoms with Crippen molar-refractivity contribution < 1.29 is 28.6 Å². The summed E-state index contributed by atoms with van der Waals surface area (Å²) in [6.07, 6.45) is 46.7. The second-order valence-corrected chi connectivity index (χ2v) is 24.1. The van der Waals surface area contributed by atoms with Gasteiger partial charge in [-0.1, -0.05) is 195 Å². The largest absolute Gasteiger partial charge is 0.381 e. The predicted octanol–water partition coefficient (Wildman–Crippen LogP) is 17.2. The highest BCUT2D eigenvalue weighted by molar-refractivity contribution is 7.12. The van der Waals surface area contributed by atoms with E-state index in [0.29, 0.717) is 77.0 Å². The average molecular weight is 1060 g/mol. The van der Waals surface area contributed by atoms with Gasteiger partial charge in [-0.25, -0.2) is 0 Å². The molecule has 0 radical (unpaired) electrons. The Kier molecular flexibility index (Phi) is 44.5. The van der Waals surface area contributed by atoms with Crippen molar-refractivity contribution in [2.45, 2.75) is 291 Å². The van der Waals surface area contributed by atoms with E-state index in [2.05, 4.69) is 37.9 Å². The maximum atomic E-state index is 13.8. The number of nitrogens with one attached hydrogen (secondary N) is 1. The maximum Gasteiger partial charge on any atom is 0.252 e. The molecule has 2 heterocycles. The van der Waals surface area contributed by atoms with Crippen molar-refractivity contribution in [1.82, 2.24) is 15.1 Å². The van der Waals surface area contributed by atoms with Crippen LogP contribution in [0.5, 0.6) is 0 Å². The molecule has 0 saturated carbocycles. The van der Waals surface area contributed by atoms with Crippen molar-refractivity contribution in [2.24, 2.45) is 11.8 Å². The second-order valence-electron chi connectivity index (χ2n) is 22.9. The Balaban J connectivity index is 1.78. The van der Waals surface area contributed by atoms with Gasteiger partial charge in [-0.15, -0.1) is 11.3 Å². The number of thiophene rings is 1. The molecule has 1 aromatic heterocycles. The highest BCUT2D eigenvalue weighted by Gasteiger charge is 2.29. The summed E-state index contributed by atoms with van der Waals surface area (Å²) in [6.45, 7) is 15.4. The number of aryl methyl sites for hydroxylation is 1. The highest BCUT2D eigenvalue weighted by atomic mass is 32.1. The number of hydrogen-bond donors (Lipinski definition) is 1. The van der Waals surface area contributed by atoms with E-state index in [1.807, 2.05) is 19.0 Å². The molecule has 0 aromatic carbocycles. The first-order chi connectivity index (χ1) is 36.2. The molecule has 2 rings (SSSR count). The van der Waals surface area contributed by atoms with Crippen LogP contribution in [0.15, 0.2) is 0 Å². The van der Waals surface area contributed by atoms with Crippen molar-refractivity contribution in [3.05, 3.63) is 20.9 Å². The number of Topliss-reactive ketones (excluding diaryl/α,β-unsaturated/α-hetero) is 1. The van der Waals surface area contributed by atoms with Crippen LogP contribution < -0.4 is 5.32 Å². The summed E-state index contributed by atoms with van der Waals surface area (Å²) in [5.74, 6) is 1.75. The van der Waals surface area contributed by atoms with Gasteiger partial charge >= 0.3 is 0 Å². The van der Waals surface area contributed by atoms with Gasteiger partial charge in [0.1, 0.15) is 12.6 Å². The Bertz CT molecular complexity index is 1450. The molecule has 0 spiro atoms. The van der Waals surface area contributed by atoms with Crippen LogP contribution in [-0.4, -0.2) is 94.3 Å². The summed E-state index contributed by atoms with van der Waals surface area (Å²) < 4.78 is 18.2. The predicted molar refractivity (Wildman–Crippen MR) is 316 cm³/mol. The molecule has 0 unspecified atom stereocenters. The van der Waals surface area contributed by atoms with Gasteiger partial charge < -0.3 is 29.3 Å². The smallest absolute Gasteiger partial charge is 0.252 e. The summed E-state index contributed by atoms with van der Waals surface area (Å²) in [7, 11) is 4.10. The fourth-order valence-electron chi connectivity index (χ4n) is 10.8. The lowest BCUT2D eigenvalue weighted by Gasteiger charge is -2.27. The minimum Gasteiger partial charge on any atom is -0.381 e. The number of nitrogens with zero attached hydrogens (tertiary/aromatic N) is 2. The molecule has 10 heteroatoms. The minimum atomic E-state index is -0.0306. The molecule has 0 aliphatic carbocycles. The van der Waals surface area contributed by atoms with E-state index < -0.39 is 0 Å². The van der Waals surface area contributed by atoms with Crippen LogP contribution in [0.1, 0.15) is 297 Å². The molecule has 9 nitrogen and oxygen atoms in total. The Morgan fingerprint density at radius 3 is 1.55 bits per heavy atom. The van der Waals surface area contributed by atoms with E-state index in [1.165, 1.54) is 180 Å². The minimum absolute atomic E-state index is 0.0306. The summed E-state index contributed by atoms with van der Waals surface area (Å²) in [6, 6.07) is 0. The van der Waals surface area contributed by atoms with Crippen molar-refractivity contribution in [1.29, 1.82) is 0 Å². The number of ketones is 1. The normalized spacial score (nSPS) is 12.7. The van der Waals surface area contributed by atoms with Gasteiger partial charge in [0.25, 0.3) is 5.91 Å². The first-order valence-corrected chi connectivity index (χ1v) is 32.6. The van der Waals surface area contributed by atoms with Crippen LogP contribution in [0.4, 0.5) is 0 Å². The molecule has 74 heavy (non-hydrogen) atoms. The van der Waals surface area contributed by atoms with Gasteiger partial charge in [0.2, 0.25) is 5.91 Å². The molecule has 1 aromatic rings. The Labute approximate surface area is 461 Å². The van der Waals surface area contributed by atoms with Gasteiger partial charge in [-0.3, -0.25) is 14.4 Å². The van der Waals surface area contributed by atoms with E-state index in [0.717, 1.165) is 92.2 Å². The molecule has 1 N–H and O–H groups in total. The van der Waals surface area contributed by atoms with E-state index >= 15 is 0 Å². The quantitative estimate of drug-likeness (QED) is 0.0513. The Morgan fingerprint density at radius 2 is 1.03 bits per heavy atom. The lowest BCUT2D eigenvalue weighted by Crippen LogP contribution is -2.36. The monoisotopic (exact) mass is 1060 g/mol. The number of unbranched alkanes of at least 4 members (excludes halogenated alkanes) is 24. The zero-order chi connectivity index (χ0) is 53.5. The lowest BCUT2D eigenvalue weighted by atomic mass is 9.95. The first kappa shape index (κ1) is 68.3. The zero-order valence-electron chi connectivity index (χ0n) is 49.6. The van der Waals surface area contributed by atoms with Crippen LogP contribution >= 0.6 is 11.3 Å². The molecule has 0 atom stereocenters. The molecular formula is C64H119N3O6S. The summed E-state index contributed by atoms with van der Waals surface area (Å²) >= 11 is 1.65. The number of hydrogen-bond acceptors (Lipinski definition) is 8. The van der Waals surface area contributed by atoms with Crippen LogP contribution in [0.3, 0.4) is 0 Å². The van der Waals surface area contributed by atoms with Crippen LogP contribution in [-0.2, 0) is 43.2 Å². The fraction of sp³-hybridized carbons (Fsp3) is 0.891. The average Bonchev–Trinajstić information content (AvgIpc) is 3.77. The SMILES string of the molecule is CCCCCCCCC(CCCCCCCC)COCCCCCC(=O)N1CCc2c(sc(CCC(=O)CCCCCOCOCC(CCCCCCCC)CCCCCCCC)c2C(=O)NCCCN(C)C)C1. The third-order valence-corrected chi connectivity index (χ3v) is 16.8. The van der Waals surface area contributed by atoms with Crippen molar-refractivity contribution in [2.75, 3.05) is 67.0 Å². The second kappa shape index (κ2) is 48.3. The maximum absolute atomic E-state index is 13.8. The van der Waals surface area contributed by atoms with Gasteiger partial charge in [-0.05, 0) is 109 Å². The lowest BCUT2D eigenvalue weighted by molar-refractivity contribution is -0.132. The number of ether oxygens (including phenoxy) is 3. The highest BCUT2D eigenvalue weighted by Crippen LogP contribution is 2.35. The van der Waals surface area contributed by atoms with Crippen molar-refractivity contribution >= 4 is 28.9 Å². The topological polar surface area (TPSA) is 97.4 Å². The molecular weight excluding hydrogens is 939 g/mol. The molecule has 1 aliphatic rings. The third-order valence-electron chi connectivity index (χ3n) is 15.6. The van der Waals surface area contributed by atoms with Gasteiger partial charge in [0.15, 0.2) is 0 Å². The molecule has 0 bridgehead atoms. The standard InChI is InChI=1S/C64H119N3O6S/c1-7-11-15-19-23-29-38-56(39-30-24-20-16-12-8-2)53-71-50-35-28-34-43-62(69)67-49-46-59-61(52-67)74-60(63(59)64(70)65-47-37-48-66(5)6)45-44-58(68)42-33-27-36-51-72-55-73-54-57(40-31-25-21-17-13-9-3)41-32-26-22-18-14-10-4/h56-57H,7-55H2,1-6H3,(H,65,70). The van der Waals surface area contributed by atoms with Crippen LogP contribution in [0, 0.1) is 11.8 Å².